The molecular weight excluding hydrogens is 287 g/mol. The van der Waals surface area contributed by atoms with Crippen molar-refractivity contribution in [3.8, 4) is 0 Å². The lowest BCUT2D eigenvalue weighted by Gasteiger charge is -2.23. The van der Waals surface area contributed by atoms with Crippen LogP contribution in [-0.2, 0) is 11.0 Å². The topological polar surface area (TPSA) is 75.1 Å². The number of rotatable bonds is 7. The third-order valence-electron chi connectivity index (χ3n) is 3.05. The first-order valence-electron chi connectivity index (χ1n) is 6.46. The molecule has 0 aromatic carbocycles. The van der Waals surface area contributed by atoms with E-state index in [9.17, 15) is 18.0 Å². The smallest absolute Gasteiger partial charge is 0.433 e. The molecule has 0 fully saturated rings. The van der Waals surface area contributed by atoms with Gasteiger partial charge in [-0.05, 0) is 24.3 Å². The fourth-order valence-corrected chi connectivity index (χ4v) is 1.68. The lowest BCUT2D eigenvalue weighted by atomic mass is 9.84. The molecule has 0 unspecified atom stereocenters. The third kappa shape index (κ3) is 6.42. The van der Waals surface area contributed by atoms with Gasteiger partial charge in [-0.3, -0.25) is 4.79 Å². The zero-order valence-corrected chi connectivity index (χ0v) is 11.9. The van der Waals surface area contributed by atoms with Gasteiger partial charge in [0.05, 0.1) is 0 Å². The molecule has 0 saturated heterocycles. The molecule has 1 heterocycles. The Kier molecular flexibility index (Phi) is 5.51. The summed E-state index contributed by atoms with van der Waals surface area (Å²) in [6.07, 6.45) is -2.30. The van der Waals surface area contributed by atoms with Crippen molar-refractivity contribution in [3.05, 3.63) is 18.0 Å². The quantitative estimate of drug-likeness (QED) is 0.809. The standard InChI is InChI=1S/C13H18F3N3O2/c1-12(2,5-3-10(20)21)6-8-18-11-17-7-4-9(19-11)13(14,15)16/h4,7H,3,5-6,8H2,1-2H3,(H,20,21)(H,17,18,19). The number of nitrogens with one attached hydrogen (secondary N) is 1. The maximum Gasteiger partial charge on any atom is 0.433 e. The second-order valence-electron chi connectivity index (χ2n) is 5.50. The monoisotopic (exact) mass is 305 g/mol. The van der Waals surface area contributed by atoms with Crippen LogP contribution in [0, 0.1) is 5.41 Å². The highest BCUT2D eigenvalue weighted by atomic mass is 19.4. The van der Waals surface area contributed by atoms with Gasteiger partial charge in [-0.25, -0.2) is 9.97 Å². The Hall–Kier alpha value is -1.86. The summed E-state index contributed by atoms with van der Waals surface area (Å²) in [5.41, 5.74) is -1.22. The molecule has 118 valence electrons. The molecule has 0 amide bonds. The number of alkyl halides is 3. The molecule has 0 aliphatic heterocycles. The largest absolute Gasteiger partial charge is 0.481 e. The van der Waals surface area contributed by atoms with Crippen molar-refractivity contribution in [2.75, 3.05) is 11.9 Å². The van der Waals surface area contributed by atoms with E-state index >= 15 is 0 Å². The van der Waals surface area contributed by atoms with Crippen LogP contribution in [0.25, 0.3) is 0 Å². The maximum absolute atomic E-state index is 12.5. The fourth-order valence-electron chi connectivity index (χ4n) is 1.68. The van der Waals surface area contributed by atoms with Gasteiger partial charge in [0.1, 0.15) is 5.69 Å². The third-order valence-corrected chi connectivity index (χ3v) is 3.05. The van der Waals surface area contributed by atoms with Gasteiger partial charge in [0.2, 0.25) is 5.95 Å². The summed E-state index contributed by atoms with van der Waals surface area (Å²) in [4.78, 5) is 17.7. The van der Waals surface area contributed by atoms with Crippen LogP contribution in [0.1, 0.15) is 38.8 Å². The Morgan fingerprint density at radius 2 is 2.00 bits per heavy atom. The van der Waals surface area contributed by atoms with E-state index in [0.29, 0.717) is 19.4 Å². The molecule has 5 nitrogen and oxygen atoms in total. The highest BCUT2D eigenvalue weighted by molar-refractivity contribution is 5.66. The van der Waals surface area contributed by atoms with Crippen molar-refractivity contribution < 1.29 is 23.1 Å². The molecule has 1 aromatic heterocycles. The molecular formula is C13H18F3N3O2. The number of anilines is 1. The van der Waals surface area contributed by atoms with Crippen LogP contribution >= 0.6 is 0 Å². The van der Waals surface area contributed by atoms with Gasteiger partial charge in [-0.1, -0.05) is 13.8 Å². The summed E-state index contributed by atoms with van der Waals surface area (Å²) in [5, 5.41) is 11.4. The molecule has 1 rings (SSSR count). The van der Waals surface area contributed by atoms with E-state index in [1.54, 1.807) is 0 Å². The average Bonchev–Trinajstić information content (AvgIpc) is 2.36. The number of carbonyl (C=O) groups is 1. The molecule has 0 radical (unpaired) electrons. The molecule has 0 saturated carbocycles. The van der Waals surface area contributed by atoms with Gasteiger partial charge in [0.15, 0.2) is 0 Å². The first kappa shape index (κ1) is 17.2. The lowest BCUT2D eigenvalue weighted by molar-refractivity contribution is -0.141. The van der Waals surface area contributed by atoms with Crippen LogP contribution in [0.2, 0.25) is 0 Å². The molecule has 0 aliphatic rings. The summed E-state index contributed by atoms with van der Waals surface area (Å²) in [7, 11) is 0. The van der Waals surface area contributed by atoms with Crippen molar-refractivity contribution in [1.82, 2.24) is 9.97 Å². The molecule has 21 heavy (non-hydrogen) atoms. The van der Waals surface area contributed by atoms with Crippen LogP contribution in [0.15, 0.2) is 12.3 Å². The molecule has 0 aliphatic carbocycles. The number of hydrogen-bond donors (Lipinski definition) is 2. The predicted molar refractivity (Wildman–Crippen MR) is 70.8 cm³/mol. The maximum atomic E-state index is 12.5. The first-order chi connectivity index (χ1) is 9.60. The van der Waals surface area contributed by atoms with Crippen molar-refractivity contribution in [3.63, 3.8) is 0 Å². The summed E-state index contributed by atoms with van der Waals surface area (Å²) in [6, 6.07) is 0.808. The zero-order valence-electron chi connectivity index (χ0n) is 11.9. The zero-order chi connectivity index (χ0) is 16.1. The van der Waals surface area contributed by atoms with Crippen LogP contribution < -0.4 is 5.32 Å². The van der Waals surface area contributed by atoms with Crippen molar-refractivity contribution >= 4 is 11.9 Å². The Morgan fingerprint density at radius 3 is 2.57 bits per heavy atom. The fraction of sp³-hybridized carbons (Fsp3) is 0.615. The van der Waals surface area contributed by atoms with Gasteiger partial charge >= 0.3 is 12.1 Å². The van der Waals surface area contributed by atoms with E-state index in [-0.39, 0.29) is 17.8 Å². The Labute approximate surface area is 120 Å². The van der Waals surface area contributed by atoms with Gasteiger partial charge in [0, 0.05) is 19.2 Å². The normalized spacial score (nSPS) is 12.2. The van der Waals surface area contributed by atoms with Crippen molar-refractivity contribution in [2.45, 2.75) is 39.3 Å². The van der Waals surface area contributed by atoms with Crippen LogP contribution in [0.3, 0.4) is 0 Å². The Morgan fingerprint density at radius 1 is 1.33 bits per heavy atom. The number of carboxylic acid groups (broad SMARTS) is 1. The number of hydrogen-bond acceptors (Lipinski definition) is 4. The molecule has 1 aromatic rings. The van der Waals surface area contributed by atoms with Crippen molar-refractivity contribution in [1.29, 1.82) is 0 Å². The van der Waals surface area contributed by atoms with Gasteiger partial charge in [-0.2, -0.15) is 13.2 Å². The Balaban J connectivity index is 2.51. The molecule has 0 spiro atoms. The number of carboxylic acids is 1. The minimum absolute atomic E-state index is 0.0626. The highest BCUT2D eigenvalue weighted by Crippen LogP contribution is 2.28. The van der Waals surface area contributed by atoms with Gasteiger partial charge in [0.25, 0.3) is 0 Å². The summed E-state index contributed by atoms with van der Waals surface area (Å²) < 4.78 is 37.4. The van der Waals surface area contributed by atoms with Crippen LogP contribution in [0.5, 0.6) is 0 Å². The van der Waals surface area contributed by atoms with E-state index in [1.165, 1.54) is 0 Å². The highest BCUT2D eigenvalue weighted by Gasteiger charge is 2.32. The van der Waals surface area contributed by atoms with E-state index in [2.05, 4.69) is 15.3 Å². The minimum Gasteiger partial charge on any atom is -0.481 e. The average molecular weight is 305 g/mol. The summed E-state index contributed by atoms with van der Waals surface area (Å²) in [6.45, 7) is 4.18. The molecule has 0 atom stereocenters. The molecule has 8 heteroatoms. The molecule has 0 bridgehead atoms. The van der Waals surface area contributed by atoms with Crippen LogP contribution in [-0.4, -0.2) is 27.6 Å². The van der Waals surface area contributed by atoms with E-state index in [1.807, 2.05) is 13.8 Å². The lowest BCUT2D eigenvalue weighted by Crippen LogP contribution is -2.19. The second-order valence-corrected chi connectivity index (χ2v) is 5.50. The number of aromatic nitrogens is 2. The summed E-state index contributed by atoms with van der Waals surface area (Å²) in [5.74, 6) is -0.948. The van der Waals surface area contributed by atoms with Crippen LogP contribution in [0.4, 0.5) is 19.1 Å². The Bertz CT molecular complexity index is 490. The summed E-state index contributed by atoms with van der Waals surface area (Å²) >= 11 is 0. The number of aliphatic carboxylic acids is 1. The first-order valence-corrected chi connectivity index (χ1v) is 6.46. The van der Waals surface area contributed by atoms with Gasteiger partial charge < -0.3 is 10.4 Å². The number of nitrogens with zero attached hydrogens (tertiary/aromatic N) is 2. The van der Waals surface area contributed by atoms with E-state index in [4.69, 9.17) is 5.11 Å². The molecule has 2 N–H and O–H groups in total. The predicted octanol–water partition coefficient (Wildman–Crippen LogP) is 3.19. The SMILES string of the molecule is CC(C)(CCNc1nccc(C(F)(F)F)n1)CCC(=O)O. The van der Waals surface area contributed by atoms with E-state index in [0.717, 1.165) is 12.3 Å². The van der Waals surface area contributed by atoms with Crippen molar-refractivity contribution in [2.24, 2.45) is 5.41 Å². The van der Waals surface area contributed by atoms with E-state index < -0.39 is 17.8 Å². The minimum atomic E-state index is -4.50. The van der Waals surface area contributed by atoms with Gasteiger partial charge in [-0.15, -0.1) is 0 Å². The number of halogens is 3. The second kappa shape index (κ2) is 6.73.